The summed E-state index contributed by atoms with van der Waals surface area (Å²) >= 11 is 0. The van der Waals surface area contributed by atoms with Gasteiger partial charge in [0, 0.05) is 82.4 Å². The summed E-state index contributed by atoms with van der Waals surface area (Å²) in [5.74, 6) is 0. The minimum Gasteiger partial charge on any atom is -0.256 e. The molecule has 4 heteroatoms. The van der Waals surface area contributed by atoms with Gasteiger partial charge in [-0.3, -0.25) is 4.98 Å². The average Bonchev–Trinajstić information content (AvgIpc) is 1.62. The van der Waals surface area contributed by atoms with Crippen molar-refractivity contribution in [3.05, 3.63) is 433 Å². The van der Waals surface area contributed by atoms with Gasteiger partial charge >= 0.3 is 0 Å². The van der Waals surface area contributed by atoms with Crippen molar-refractivity contribution < 1.29 is 0 Å². The topological polar surface area (TPSA) is 51.6 Å². The molecule has 126 heavy (non-hydrogen) atoms. The SMILES string of the molecule is CC1(C)c2ccccc2-c2ccc(-c3cc(-c4ccc(-c5cc(-c6ccccc6)c6ccccc6n5)cc4)c4cc(-c5ccc6c(c5)C(C)(C)c5ccccc5-6)c5ccccc5c4n3)cc21.CC1(C)c2ccccc2-c2ccc(-c3cc(-c4ccc(-c5cccc6cccnc56)cc4)c4cc(-c5ccc6c(c5)C(C)(C)c5ccccc5-6)c5ccccc5c4n3)cc21. The van der Waals surface area contributed by atoms with Gasteiger partial charge in [0.1, 0.15) is 0 Å². The molecule has 596 valence electrons. The Morgan fingerprint density at radius 3 is 0.913 bits per heavy atom. The second kappa shape index (κ2) is 28.2. The fourth-order valence-corrected chi connectivity index (χ4v) is 22.0. The first-order valence-electron chi connectivity index (χ1n) is 44.2. The van der Waals surface area contributed by atoms with Crippen molar-refractivity contribution in [2.45, 2.75) is 77.0 Å². The first-order chi connectivity index (χ1) is 61.5. The van der Waals surface area contributed by atoms with Crippen LogP contribution in [0.3, 0.4) is 0 Å². The summed E-state index contributed by atoms with van der Waals surface area (Å²) in [7, 11) is 0. The van der Waals surface area contributed by atoms with Gasteiger partial charge in [-0.25, -0.2) is 15.0 Å². The van der Waals surface area contributed by atoms with Gasteiger partial charge in [0.15, 0.2) is 0 Å². The highest BCUT2D eigenvalue weighted by Gasteiger charge is 2.40. The van der Waals surface area contributed by atoms with Crippen LogP contribution < -0.4 is 0 Å². The number of hydrogen-bond acceptors (Lipinski definition) is 4. The summed E-state index contributed by atoms with van der Waals surface area (Å²) in [5.41, 5.74) is 45.5. The molecule has 4 heterocycles. The molecular weight excluding hydrogens is 1520 g/mol. The molecule has 0 radical (unpaired) electrons. The van der Waals surface area contributed by atoms with E-state index < -0.39 is 0 Å². The van der Waals surface area contributed by atoms with Gasteiger partial charge in [-0.1, -0.05) is 371 Å². The maximum atomic E-state index is 5.65. The molecule has 0 unspecified atom stereocenters. The summed E-state index contributed by atoms with van der Waals surface area (Å²) in [5, 5.41) is 9.28. The van der Waals surface area contributed by atoms with Crippen LogP contribution in [0.4, 0.5) is 0 Å². The maximum absolute atomic E-state index is 5.65. The van der Waals surface area contributed by atoms with Gasteiger partial charge in [0.2, 0.25) is 0 Å². The number of rotatable bonds is 9. The summed E-state index contributed by atoms with van der Waals surface area (Å²) < 4.78 is 0. The molecule has 0 aliphatic heterocycles. The van der Waals surface area contributed by atoms with Gasteiger partial charge in [0.05, 0.1) is 39.1 Å². The molecule has 4 aliphatic rings. The fourth-order valence-electron chi connectivity index (χ4n) is 22.0. The average molecular weight is 1610 g/mol. The lowest BCUT2D eigenvalue weighted by Gasteiger charge is -2.22. The molecule has 21 aromatic rings. The van der Waals surface area contributed by atoms with Crippen molar-refractivity contribution in [2.24, 2.45) is 0 Å². The summed E-state index contributed by atoms with van der Waals surface area (Å²) in [4.78, 5) is 21.2. The second-order valence-corrected chi connectivity index (χ2v) is 37.0. The second-order valence-electron chi connectivity index (χ2n) is 37.0. The molecule has 0 spiro atoms. The Kier molecular flexibility index (Phi) is 16.7. The number of pyridine rings is 4. The summed E-state index contributed by atoms with van der Waals surface area (Å²) in [6.07, 6.45) is 1.88. The highest BCUT2D eigenvalue weighted by Crippen LogP contribution is 2.56. The van der Waals surface area contributed by atoms with E-state index in [4.69, 9.17) is 19.9 Å². The van der Waals surface area contributed by atoms with Crippen LogP contribution in [-0.4, -0.2) is 19.9 Å². The van der Waals surface area contributed by atoms with Crippen LogP contribution in [-0.2, 0) is 21.7 Å². The Bertz CT molecular complexity index is 8180. The van der Waals surface area contributed by atoms with E-state index in [-0.39, 0.29) is 21.7 Å². The summed E-state index contributed by atoms with van der Waals surface area (Å²) in [6, 6.07) is 141. The van der Waals surface area contributed by atoms with E-state index in [1.54, 1.807) is 0 Å². The minimum absolute atomic E-state index is 0.0939. The molecule has 25 rings (SSSR count). The lowest BCUT2D eigenvalue weighted by atomic mass is 9.81. The van der Waals surface area contributed by atoms with Crippen LogP contribution in [0.2, 0.25) is 0 Å². The standard InChI is InChI=1S/C64H46N2.C58H42N2/c1-63(2)55-23-13-10-19-45(55)47-32-30-42(34-57(47)63)51-36-54-53(40-26-28-41(29-27-40)60-37-52(39-16-6-5-7-17-39)49-21-12-15-25-59(49)65-60)38-61(66-62(54)50-22-9-8-18-44(50)51)43-31-33-48-46-20-11-14-24-56(46)64(3,4)58(48)35-43;1-57(2)50-20-9-7-16-42(50)44-28-26-38(31-52(44)57)47-33-49-48(36-24-22-35(23-25-36)40-19-11-13-37-14-12-30-59-55(37)40)34-54(60-56(49)46-18-6-5-15-41(46)47)39-27-29-45-43-17-8-10-21-51(43)58(3,4)53(45)32-39/h5-38H,1-4H3;5-34H,1-4H3. The minimum atomic E-state index is -0.123. The van der Waals surface area contributed by atoms with Gasteiger partial charge in [0.25, 0.3) is 0 Å². The third kappa shape index (κ3) is 11.6. The summed E-state index contributed by atoms with van der Waals surface area (Å²) in [6.45, 7) is 18.8. The molecule has 0 fully saturated rings. The molecule has 4 nitrogen and oxygen atoms in total. The van der Waals surface area contributed by atoms with Gasteiger partial charge in [-0.05, 0) is 228 Å². The molecule has 4 aromatic heterocycles. The Balaban J connectivity index is 0.000000142. The third-order valence-corrected chi connectivity index (χ3v) is 28.6. The molecule has 4 aliphatic carbocycles. The molecule has 0 bridgehead atoms. The Hall–Kier alpha value is -15.1. The van der Waals surface area contributed by atoms with Crippen molar-refractivity contribution in [1.82, 2.24) is 19.9 Å². The van der Waals surface area contributed by atoms with E-state index in [1.165, 1.54) is 139 Å². The van der Waals surface area contributed by atoms with E-state index >= 15 is 0 Å². The fraction of sp³-hybridized carbons (Fsp3) is 0.0984. The van der Waals surface area contributed by atoms with E-state index in [0.29, 0.717) is 0 Å². The third-order valence-electron chi connectivity index (χ3n) is 28.6. The molecule has 0 atom stereocenters. The molecule has 17 aromatic carbocycles. The van der Waals surface area contributed by atoms with E-state index in [2.05, 4.69) is 432 Å². The highest BCUT2D eigenvalue weighted by atomic mass is 14.7. The van der Waals surface area contributed by atoms with Crippen LogP contribution in [0, 0.1) is 0 Å². The normalized spacial score (nSPS) is 14.1. The van der Waals surface area contributed by atoms with E-state index in [9.17, 15) is 0 Å². The smallest absolute Gasteiger partial charge is 0.0794 e. The Morgan fingerprint density at radius 1 is 0.167 bits per heavy atom. The largest absolute Gasteiger partial charge is 0.256 e. The zero-order valence-electron chi connectivity index (χ0n) is 71.7. The van der Waals surface area contributed by atoms with Gasteiger partial charge in [-0.15, -0.1) is 0 Å². The van der Waals surface area contributed by atoms with Gasteiger partial charge < -0.3 is 0 Å². The zero-order chi connectivity index (χ0) is 84.6. The predicted molar refractivity (Wildman–Crippen MR) is 528 cm³/mol. The van der Waals surface area contributed by atoms with Crippen LogP contribution >= 0.6 is 0 Å². The Labute approximate surface area is 735 Å². The van der Waals surface area contributed by atoms with E-state index in [1.807, 2.05) is 12.3 Å². The number of fused-ring (bicyclic) bond motifs is 20. The lowest BCUT2D eigenvalue weighted by molar-refractivity contribution is 0.660. The first-order valence-corrected chi connectivity index (χ1v) is 44.2. The highest BCUT2D eigenvalue weighted by molar-refractivity contribution is 6.18. The van der Waals surface area contributed by atoms with Gasteiger partial charge in [-0.2, -0.15) is 0 Å². The van der Waals surface area contributed by atoms with Crippen molar-refractivity contribution >= 4 is 65.2 Å². The lowest BCUT2D eigenvalue weighted by Crippen LogP contribution is -2.15. The van der Waals surface area contributed by atoms with Crippen LogP contribution in [0.25, 0.3) is 210 Å². The molecule has 0 amide bonds. The number of benzene rings is 17. The number of para-hydroxylation sites is 2. The predicted octanol–water partition coefficient (Wildman–Crippen LogP) is 32.1. The monoisotopic (exact) mass is 1610 g/mol. The van der Waals surface area contributed by atoms with Crippen molar-refractivity contribution in [3.63, 3.8) is 0 Å². The Morgan fingerprint density at radius 2 is 0.468 bits per heavy atom. The number of hydrogen-bond donors (Lipinski definition) is 0. The maximum Gasteiger partial charge on any atom is 0.0794 e. The van der Waals surface area contributed by atoms with Crippen LogP contribution in [0.1, 0.15) is 99.9 Å². The van der Waals surface area contributed by atoms with Crippen molar-refractivity contribution in [3.8, 4) is 145 Å². The zero-order valence-corrected chi connectivity index (χ0v) is 71.7. The molecular formula is C122H88N4. The number of nitrogens with zero attached hydrogens (tertiary/aromatic N) is 4. The number of aromatic nitrogens is 4. The van der Waals surface area contributed by atoms with E-state index in [0.717, 1.165) is 116 Å². The molecule has 0 saturated heterocycles. The van der Waals surface area contributed by atoms with Crippen LogP contribution in [0.15, 0.2) is 388 Å². The van der Waals surface area contributed by atoms with Crippen LogP contribution in [0.5, 0.6) is 0 Å². The quantitative estimate of drug-likeness (QED) is 0.135. The molecule has 0 saturated carbocycles. The van der Waals surface area contributed by atoms with Crippen molar-refractivity contribution in [1.29, 1.82) is 0 Å². The molecule has 0 N–H and O–H groups in total. The first kappa shape index (κ1) is 74.7. The van der Waals surface area contributed by atoms with Crippen molar-refractivity contribution in [2.75, 3.05) is 0 Å².